The summed E-state index contributed by atoms with van der Waals surface area (Å²) in [5.41, 5.74) is 1.43. The van der Waals surface area contributed by atoms with Gasteiger partial charge in [-0.3, -0.25) is 25.0 Å². The van der Waals surface area contributed by atoms with E-state index in [1.807, 2.05) is 24.8 Å². The van der Waals surface area contributed by atoms with Crippen LogP contribution in [0.2, 0.25) is 0 Å². The summed E-state index contributed by atoms with van der Waals surface area (Å²) in [4.78, 5) is 46.8. The van der Waals surface area contributed by atoms with Gasteiger partial charge in [0.2, 0.25) is 0 Å². The topological polar surface area (TPSA) is 136 Å². The number of halogens is 1. The Kier molecular flexibility index (Phi) is 7.37. The zero-order chi connectivity index (χ0) is 26.7. The molecule has 37 heavy (non-hydrogen) atoms. The van der Waals surface area contributed by atoms with E-state index in [1.165, 1.54) is 17.0 Å². The minimum Gasteiger partial charge on any atom is -0.353 e. The number of amides is 1. The number of benzene rings is 2. The Morgan fingerprint density at radius 3 is 2.22 bits per heavy atom. The Bertz CT molecular complexity index is 1340. The molecule has 2 aromatic carbocycles. The molecule has 0 aliphatic carbocycles. The highest BCUT2D eigenvalue weighted by atomic mass is 19.1. The van der Waals surface area contributed by atoms with Crippen LogP contribution >= 0.6 is 0 Å². The van der Waals surface area contributed by atoms with Crippen molar-refractivity contribution in [2.24, 2.45) is 0 Å². The standard InChI is InChI=1S/C25H25FN6O5/c1-3-23-22(12-17-5-4-6-19(26)11-17)24(28-16(2)27-23)29-7-9-30(10-8-29)25(33)18-13-20(31(34)35)15-21(14-18)32(36)37/h4-6,11,13-15H,3,7-10,12H2,1-2H3. The molecule has 1 amide bonds. The lowest BCUT2D eigenvalue weighted by molar-refractivity contribution is -0.394. The fraction of sp³-hybridized carbons (Fsp3) is 0.320. The van der Waals surface area contributed by atoms with Crippen molar-refractivity contribution >= 4 is 23.1 Å². The van der Waals surface area contributed by atoms with Gasteiger partial charge in [-0.05, 0) is 31.0 Å². The molecular formula is C25H25FN6O5. The number of carbonyl (C=O) groups is 1. The van der Waals surface area contributed by atoms with E-state index in [1.54, 1.807) is 6.07 Å². The van der Waals surface area contributed by atoms with Gasteiger partial charge in [0.05, 0.1) is 21.5 Å². The number of anilines is 1. The van der Waals surface area contributed by atoms with E-state index in [0.717, 1.165) is 40.8 Å². The quantitative estimate of drug-likeness (QED) is 0.347. The molecule has 11 nitrogen and oxygen atoms in total. The first-order valence-electron chi connectivity index (χ1n) is 11.7. The largest absolute Gasteiger partial charge is 0.353 e. The predicted molar refractivity (Wildman–Crippen MR) is 133 cm³/mol. The van der Waals surface area contributed by atoms with Crippen molar-refractivity contribution in [2.75, 3.05) is 31.1 Å². The van der Waals surface area contributed by atoms with Crippen LogP contribution < -0.4 is 4.90 Å². The zero-order valence-electron chi connectivity index (χ0n) is 20.4. The van der Waals surface area contributed by atoms with Gasteiger partial charge in [-0.2, -0.15) is 0 Å². The minimum atomic E-state index is -0.759. The third kappa shape index (κ3) is 5.68. The molecule has 4 rings (SSSR count). The molecule has 1 saturated heterocycles. The van der Waals surface area contributed by atoms with Gasteiger partial charge in [0.25, 0.3) is 17.3 Å². The second kappa shape index (κ2) is 10.6. The molecule has 0 atom stereocenters. The molecule has 3 aromatic rings. The van der Waals surface area contributed by atoms with Gasteiger partial charge in [-0.25, -0.2) is 14.4 Å². The number of aromatic nitrogens is 2. The summed E-state index contributed by atoms with van der Waals surface area (Å²) in [5.74, 6) is 0.502. The molecule has 192 valence electrons. The molecule has 0 bridgehead atoms. The number of aryl methyl sites for hydroxylation is 2. The predicted octanol–water partition coefficient (Wildman–Crippen LogP) is 3.86. The summed E-state index contributed by atoms with van der Waals surface area (Å²) in [7, 11) is 0. The summed E-state index contributed by atoms with van der Waals surface area (Å²) in [6.07, 6.45) is 1.12. The first-order valence-corrected chi connectivity index (χ1v) is 11.7. The Morgan fingerprint density at radius 1 is 1.00 bits per heavy atom. The number of carbonyl (C=O) groups excluding carboxylic acids is 1. The van der Waals surface area contributed by atoms with E-state index >= 15 is 0 Å². The van der Waals surface area contributed by atoms with Gasteiger partial charge >= 0.3 is 0 Å². The van der Waals surface area contributed by atoms with E-state index in [9.17, 15) is 29.4 Å². The van der Waals surface area contributed by atoms with Crippen LogP contribution in [-0.4, -0.2) is 56.8 Å². The van der Waals surface area contributed by atoms with Crippen LogP contribution in [0, 0.1) is 33.0 Å². The molecular weight excluding hydrogens is 483 g/mol. The van der Waals surface area contributed by atoms with Crippen LogP contribution in [0.1, 0.15) is 39.9 Å². The average Bonchev–Trinajstić information content (AvgIpc) is 2.88. The van der Waals surface area contributed by atoms with Crippen molar-refractivity contribution < 1.29 is 19.0 Å². The van der Waals surface area contributed by atoms with E-state index in [4.69, 9.17) is 0 Å². The molecule has 1 fully saturated rings. The number of hydrogen-bond donors (Lipinski definition) is 0. The second-order valence-corrected chi connectivity index (χ2v) is 8.71. The van der Waals surface area contributed by atoms with Gasteiger partial charge in [0, 0.05) is 56.0 Å². The molecule has 2 heterocycles. The maximum Gasteiger partial charge on any atom is 0.277 e. The summed E-state index contributed by atoms with van der Waals surface area (Å²) >= 11 is 0. The molecule has 12 heteroatoms. The minimum absolute atomic E-state index is 0.104. The van der Waals surface area contributed by atoms with E-state index in [0.29, 0.717) is 44.8 Å². The molecule has 1 aliphatic heterocycles. The van der Waals surface area contributed by atoms with E-state index in [2.05, 4.69) is 9.97 Å². The monoisotopic (exact) mass is 508 g/mol. The Morgan fingerprint density at radius 2 is 1.65 bits per heavy atom. The fourth-order valence-electron chi connectivity index (χ4n) is 4.46. The number of piperazine rings is 1. The van der Waals surface area contributed by atoms with Gasteiger partial charge in [0.15, 0.2) is 0 Å². The van der Waals surface area contributed by atoms with Crippen molar-refractivity contribution in [2.45, 2.75) is 26.7 Å². The second-order valence-electron chi connectivity index (χ2n) is 8.71. The first kappa shape index (κ1) is 25.6. The summed E-state index contributed by atoms with van der Waals surface area (Å²) < 4.78 is 13.8. The fourth-order valence-corrected chi connectivity index (χ4v) is 4.46. The van der Waals surface area contributed by atoms with Gasteiger partial charge in [-0.1, -0.05) is 19.1 Å². The molecule has 0 spiro atoms. The number of rotatable bonds is 7. The smallest absolute Gasteiger partial charge is 0.277 e. The Hall–Kier alpha value is -4.48. The van der Waals surface area contributed by atoms with Crippen molar-refractivity contribution in [3.05, 3.63) is 96.7 Å². The lowest BCUT2D eigenvalue weighted by Gasteiger charge is -2.36. The molecule has 0 N–H and O–H groups in total. The highest BCUT2D eigenvalue weighted by Crippen LogP contribution is 2.28. The molecule has 0 unspecified atom stereocenters. The van der Waals surface area contributed by atoms with Gasteiger partial charge in [0.1, 0.15) is 17.5 Å². The number of hydrogen-bond acceptors (Lipinski definition) is 8. The van der Waals surface area contributed by atoms with E-state index < -0.39 is 27.1 Å². The zero-order valence-corrected chi connectivity index (χ0v) is 20.4. The van der Waals surface area contributed by atoms with Crippen molar-refractivity contribution in [1.82, 2.24) is 14.9 Å². The van der Waals surface area contributed by atoms with Crippen molar-refractivity contribution in [3.63, 3.8) is 0 Å². The highest BCUT2D eigenvalue weighted by Gasteiger charge is 2.28. The Labute approximate surface area is 211 Å². The maximum atomic E-state index is 13.8. The highest BCUT2D eigenvalue weighted by molar-refractivity contribution is 5.95. The number of non-ortho nitro benzene ring substituents is 2. The lowest BCUT2D eigenvalue weighted by Crippen LogP contribution is -2.49. The summed E-state index contributed by atoms with van der Waals surface area (Å²) in [6, 6.07) is 9.33. The molecule has 0 radical (unpaired) electrons. The summed E-state index contributed by atoms with van der Waals surface area (Å²) in [5, 5.41) is 22.4. The number of nitro groups is 2. The maximum absolute atomic E-state index is 13.8. The van der Waals surface area contributed by atoms with Crippen LogP contribution in [0.4, 0.5) is 21.6 Å². The molecule has 1 aromatic heterocycles. The van der Waals surface area contributed by atoms with Crippen LogP contribution in [0.3, 0.4) is 0 Å². The van der Waals surface area contributed by atoms with Crippen LogP contribution in [0.5, 0.6) is 0 Å². The normalized spacial score (nSPS) is 13.5. The molecule has 0 saturated carbocycles. The van der Waals surface area contributed by atoms with Crippen LogP contribution in [-0.2, 0) is 12.8 Å². The van der Waals surface area contributed by atoms with Crippen molar-refractivity contribution in [1.29, 1.82) is 0 Å². The number of nitro benzene ring substituents is 2. The van der Waals surface area contributed by atoms with Crippen molar-refractivity contribution in [3.8, 4) is 0 Å². The van der Waals surface area contributed by atoms with Gasteiger partial charge < -0.3 is 9.80 Å². The van der Waals surface area contributed by atoms with E-state index in [-0.39, 0.29) is 11.4 Å². The van der Waals surface area contributed by atoms with Crippen LogP contribution in [0.25, 0.3) is 0 Å². The third-order valence-corrected chi connectivity index (χ3v) is 6.23. The molecule has 1 aliphatic rings. The lowest BCUT2D eigenvalue weighted by atomic mass is 10.0. The van der Waals surface area contributed by atoms with Gasteiger partial charge in [-0.15, -0.1) is 0 Å². The third-order valence-electron chi connectivity index (χ3n) is 6.23. The first-order chi connectivity index (χ1) is 17.7. The SMILES string of the molecule is CCc1nc(C)nc(N2CCN(C(=O)c3cc([N+](=O)[O-])cc([N+](=O)[O-])c3)CC2)c1Cc1cccc(F)c1. The Balaban J connectivity index is 1.57. The number of nitrogens with zero attached hydrogens (tertiary/aromatic N) is 6. The van der Waals surface area contributed by atoms with Crippen LogP contribution in [0.15, 0.2) is 42.5 Å². The summed E-state index contributed by atoms with van der Waals surface area (Å²) in [6.45, 7) is 5.24. The average molecular weight is 509 g/mol.